The fraction of sp³-hybridized carbons (Fsp3) is 0.429. The number of nitrogens with zero attached hydrogens (tertiary/aromatic N) is 2. The van der Waals surface area contributed by atoms with Crippen molar-refractivity contribution in [3.63, 3.8) is 0 Å². The van der Waals surface area contributed by atoms with Gasteiger partial charge in [-0.25, -0.2) is 9.97 Å². The van der Waals surface area contributed by atoms with Crippen LogP contribution in [-0.2, 0) is 0 Å². The second-order valence-corrected chi connectivity index (χ2v) is 3.61. The number of hydrogen-bond donors (Lipinski definition) is 1. The summed E-state index contributed by atoms with van der Waals surface area (Å²) in [7, 11) is 0. The van der Waals surface area contributed by atoms with Crippen LogP contribution in [-0.4, -0.2) is 27.4 Å². The predicted molar refractivity (Wildman–Crippen MR) is 49.5 cm³/mol. The Morgan fingerprint density at radius 2 is 2.08 bits per heavy atom. The van der Waals surface area contributed by atoms with Gasteiger partial charge in [-0.05, 0) is 6.42 Å². The van der Waals surface area contributed by atoms with E-state index in [0.717, 1.165) is 12.2 Å². The number of aliphatic hydroxyl groups excluding tert-OH is 1. The van der Waals surface area contributed by atoms with E-state index in [1.54, 1.807) is 12.4 Å². The Balaban J connectivity index is 2.37. The first-order chi connectivity index (χ1) is 5.83. The third-order valence-electron chi connectivity index (χ3n) is 1.13. The number of thioether (sulfide) groups is 1. The molecule has 0 unspecified atom stereocenters. The molecule has 0 fully saturated rings. The van der Waals surface area contributed by atoms with E-state index in [9.17, 15) is 0 Å². The summed E-state index contributed by atoms with van der Waals surface area (Å²) in [4.78, 5) is 7.98. The van der Waals surface area contributed by atoms with Crippen molar-refractivity contribution in [2.24, 2.45) is 0 Å². The van der Waals surface area contributed by atoms with E-state index in [0.29, 0.717) is 10.2 Å². The van der Waals surface area contributed by atoms with Crippen molar-refractivity contribution in [1.82, 2.24) is 9.97 Å². The van der Waals surface area contributed by atoms with Gasteiger partial charge in [-0.2, -0.15) is 0 Å². The molecule has 0 aromatic carbocycles. The number of halogens is 1. The number of aromatic nitrogens is 2. The van der Waals surface area contributed by atoms with Crippen molar-refractivity contribution < 1.29 is 5.11 Å². The van der Waals surface area contributed by atoms with Crippen molar-refractivity contribution in [1.29, 1.82) is 0 Å². The lowest BCUT2D eigenvalue weighted by Gasteiger charge is -1.96. The average Bonchev–Trinajstić information content (AvgIpc) is 2.09. The van der Waals surface area contributed by atoms with Gasteiger partial charge in [0.2, 0.25) is 0 Å². The predicted octanol–water partition coefficient (Wildman–Crippen LogP) is 1.60. The third kappa shape index (κ3) is 3.38. The highest BCUT2D eigenvalue weighted by atomic mass is 35.5. The quantitative estimate of drug-likeness (QED) is 0.460. The molecule has 0 aliphatic carbocycles. The molecule has 0 amide bonds. The van der Waals surface area contributed by atoms with Gasteiger partial charge >= 0.3 is 0 Å². The first-order valence-corrected chi connectivity index (χ1v) is 4.90. The van der Waals surface area contributed by atoms with Crippen LogP contribution >= 0.6 is 23.4 Å². The highest BCUT2D eigenvalue weighted by Crippen LogP contribution is 2.14. The van der Waals surface area contributed by atoms with Gasteiger partial charge in [-0.3, -0.25) is 0 Å². The molecule has 1 aromatic rings. The Kier molecular flexibility index (Phi) is 4.35. The standard InChI is InChI=1S/C7H9ClN2OS/c8-6-4-9-7(10-5-6)12-3-1-2-11/h4-5,11H,1-3H2. The van der Waals surface area contributed by atoms with Crippen LogP contribution in [0.3, 0.4) is 0 Å². The molecular formula is C7H9ClN2OS. The van der Waals surface area contributed by atoms with Crippen LogP contribution in [0.25, 0.3) is 0 Å². The van der Waals surface area contributed by atoms with Gasteiger partial charge in [0.15, 0.2) is 5.16 Å². The second-order valence-electron chi connectivity index (χ2n) is 2.11. The number of hydrogen-bond acceptors (Lipinski definition) is 4. The molecule has 0 saturated carbocycles. The zero-order valence-electron chi connectivity index (χ0n) is 6.40. The fourth-order valence-electron chi connectivity index (χ4n) is 0.603. The molecular weight excluding hydrogens is 196 g/mol. The highest BCUT2D eigenvalue weighted by Gasteiger charge is 1.96. The lowest BCUT2D eigenvalue weighted by atomic mass is 10.5. The average molecular weight is 205 g/mol. The summed E-state index contributed by atoms with van der Waals surface area (Å²) in [6.45, 7) is 0.209. The molecule has 1 rings (SSSR count). The van der Waals surface area contributed by atoms with Crippen molar-refractivity contribution >= 4 is 23.4 Å². The maximum atomic E-state index is 8.51. The van der Waals surface area contributed by atoms with Crippen molar-refractivity contribution in [3.05, 3.63) is 17.4 Å². The first kappa shape index (κ1) is 9.77. The zero-order chi connectivity index (χ0) is 8.81. The van der Waals surface area contributed by atoms with Crippen LogP contribution in [0, 0.1) is 0 Å². The molecule has 0 bridgehead atoms. The molecule has 5 heteroatoms. The van der Waals surface area contributed by atoms with Gasteiger partial charge in [0.25, 0.3) is 0 Å². The van der Waals surface area contributed by atoms with Gasteiger partial charge in [0.05, 0.1) is 17.4 Å². The Morgan fingerprint density at radius 3 is 2.67 bits per heavy atom. The Labute approximate surface area is 80.2 Å². The van der Waals surface area contributed by atoms with Crippen LogP contribution in [0.2, 0.25) is 5.02 Å². The molecule has 3 nitrogen and oxygen atoms in total. The van der Waals surface area contributed by atoms with Gasteiger partial charge in [-0.1, -0.05) is 23.4 Å². The molecule has 66 valence electrons. The Bertz CT molecular complexity index is 229. The minimum absolute atomic E-state index is 0.209. The normalized spacial score (nSPS) is 10.2. The Morgan fingerprint density at radius 1 is 1.42 bits per heavy atom. The zero-order valence-corrected chi connectivity index (χ0v) is 7.98. The Hall–Kier alpha value is -0.320. The molecule has 12 heavy (non-hydrogen) atoms. The molecule has 1 heterocycles. The van der Waals surface area contributed by atoms with E-state index in [-0.39, 0.29) is 6.61 Å². The molecule has 0 radical (unpaired) electrons. The van der Waals surface area contributed by atoms with Crippen molar-refractivity contribution in [2.45, 2.75) is 11.6 Å². The molecule has 1 aromatic heterocycles. The summed E-state index contributed by atoms with van der Waals surface area (Å²) >= 11 is 7.11. The van der Waals surface area contributed by atoms with Crippen LogP contribution in [0.4, 0.5) is 0 Å². The summed E-state index contributed by atoms with van der Waals surface area (Å²) in [5, 5.41) is 9.76. The minimum Gasteiger partial charge on any atom is -0.396 e. The van der Waals surface area contributed by atoms with Gasteiger partial charge < -0.3 is 5.11 Å². The third-order valence-corrected chi connectivity index (χ3v) is 2.29. The smallest absolute Gasteiger partial charge is 0.187 e. The van der Waals surface area contributed by atoms with Crippen LogP contribution in [0.15, 0.2) is 17.6 Å². The summed E-state index contributed by atoms with van der Waals surface area (Å²) in [6.07, 6.45) is 3.89. The van der Waals surface area contributed by atoms with Crippen molar-refractivity contribution in [3.8, 4) is 0 Å². The molecule has 0 atom stereocenters. The van der Waals surface area contributed by atoms with E-state index in [2.05, 4.69) is 9.97 Å². The topological polar surface area (TPSA) is 46.0 Å². The van der Waals surface area contributed by atoms with Crippen molar-refractivity contribution in [2.75, 3.05) is 12.4 Å². The molecule has 0 saturated heterocycles. The van der Waals surface area contributed by atoms with Gasteiger partial charge in [-0.15, -0.1) is 0 Å². The maximum Gasteiger partial charge on any atom is 0.187 e. The van der Waals surface area contributed by atoms with Crippen LogP contribution in [0.5, 0.6) is 0 Å². The summed E-state index contributed by atoms with van der Waals surface area (Å²) in [5.74, 6) is 0.831. The van der Waals surface area contributed by atoms with E-state index in [1.807, 2.05) is 0 Å². The van der Waals surface area contributed by atoms with Crippen LogP contribution in [0.1, 0.15) is 6.42 Å². The van der Waals surface area contributed by atoms with E-state index in [4.69, 9.17) is 16.7 Å². The summed E-state index contributed by atoms with van der Waals surface area (Å²) in [5.41, 5.74) is 0. The molecule has 1 N–H and O–H groups in total. The largest absolute Gasteiger partial charge is 0.396 e. The van der Waals surface area contributed by atoms with E-state index < -0.39 is 0 Å². The molecule has 0 aliphatic heterocycles. The minimum atomic E-state index is 0.209. The lowest BCUT2D eigenvalue weighted by Crippen LogP contribution is -1.89. The van der Waals surface area contributed by atoms with Gasteiger partial charge in [0, 0.05) is 12.4 Å². The molecule has 0 spiro atoms. The SMILES string of the molecule is OCCCSc1ncc(Cl)cn1. The van der Waals surface area contributed by atoms with Gasteiger partial charge in [0.1, 0.15) is 0 Å². The summed E-state index contributed by atoms with van der Waals surface area (Å²) in [6, 6.07) is 0. The van der Waals surface area contributed by atoms with Crippen LogP contribution < -0.4 is 0 Å². The second kappa shape index (κ2) is 5.35. The maximum absolute atomic E-state index is 8.51. The number of rotatable bonds is 4. The highest BCUT2D eigenvalue weighted by molar-refractivity contribution is 7.99. The summed E-state index contributed by atoms with van der Waals surface area (Å²) < 4.78 is 0. The first-order valence-electron chi connectivity index (χ1n) is 3.54. The van der Waals surface area contributed by atoms with E-state index >= 15 is 0 Å². The fourth-order valence-corrected chi connectivity index (χ4v) is 1.41. The monoisotopic (exact) mass is 204 g/mol. The van der Waals surface area contributed by atoms with E-state index in [1.165, 1.54) is 11.8 Å². The lowest BCUT2D eigenvalue weighted by molar-refractivity contribution is 0.296. The molecule has 0 aliphatic rings. The number of aliphatic hydroxyl groups is 1.